The van der Waals surface area contributed by atoms with Gasteiger partial charge in [0.15, 0.2) is 15.6 Å². The van der Waals surface area contributed by atoms with Crippen molar-refractivity contribution >= 4 is 19.9 Å². The standard InChI is InChI=1S/C11H11FN2O5S2/c1-20(15,16)9-2-3-10(12)11(6-9)21(17,18)14-7-8-4-5-13-19-8/h2-6,14H,7H2,1H3. The third-order valence-electron chi connectivity index (χ3n) is 2.55. The highest BCUT2D eigenvalue weighted by molar-refractivity contribution is 7.91. The molecular weight excluding hydrogens is 323 g/mol. The van der Waals surface area contributed by atoms with Crippen LogP contribution in [0.25, 0.3) is 0 Å². The summed E-state index contributed by atoms with van der Waals surface area (Å²) in [6, 6.07) is 4.00. The molecule has 0 saturated heterocycles. The van der Waals surface area contributed by atoms with Gasteiger partial charge in [-0.3, -0.25) is 0 Å². The minimum Gasteiger partial charge on any atom is -0.360 e. The molecular formula is C11H11FN2O5S2. The van der Waals surface area contributed by atoms with E-state index in [0.29, 0.717) is 0 Å². The number of nitrogens with one attached hydrogen (secondary N) is 1. The second-order valence-corrected chi connectivity index (χ2v) is 7.92. The Morgan fingerprint density at radius 3 is 2.52 bits per heavy atom. The lowest BCUT2D eigenvalue weighted by atomic mass is 10.3. The largest absolute Gasteiger partial charge is 0.360 e. The fourth-order valence-electron chi connectivity index (χ4n) is 1.50. The molecule has 0 radical (unpaired) electrons. The fourth-order valence-corrected chi connectivity index (χ4v) is 3.31. The zero-order chi connectivity index (χ0) is 15.7. The van der Waals surface area contributed by atoms with E-state index >= 15 is 0 Å². The van der Waals surface area contributed by atoms with E-state index in [0.717, 1.165) is 24.5 Å². The van der Waals surface area contributed by atoms with E-state index in [1.54, 1.807) is 0 Å². The van der Waals surface area contributed by atoms with E-state index in [2.05, 4.69) is 9.88 Å². The van der Waals surface area contributed by atoms with Crippen molar-refractivity contribution in [2.75, 3.05) is 6.26 Å². The van der Waals surface area contributed by atoms with Gasteiger partial charge in [-0.1, -0.05) is 5.16 Å². The second-order valence-electron chi connectivity index (χ2n) is 4.17. The maximum Gasteiger partial charge on any atom is 0.243 e. The molecule has 21 heavy (non-hydrogen) atoms. The Kier molecular flexibility index (Phi) is 4.12. The first kappa shape index (κ1) is 15.6. The molecule has 1 heterocycles. The molecule has 0 bridgehead atoms. The average Bonchev–Trinajstić information content (AvgIpc) is 2.88. The molecule has 1 aromatic heterocycles. The SMILES string of the molecule is CS(=O)(=O)c1ccc(F)c(S(=O)(=O)NCc2ccno2)c1. The average molecular weight is 334 g/mol. The Balaban J connectivity index is 2.35. The van der Waals surface area contributed by atoms with E-state index in [-0.39, 0.29) is 17.2 Å². The second kappa shape index (κ2) is 5.54. The quantitative estimate of drug-likeness (QED) is 0.807. The topological polar surface area (TPSA) is 106 Å². The summed E-state index contributed by atoms with van der Waals surface area (Å²) in [4.78, 5) is -1.03. The first-order valence-electron chi connectivity index (χ1n) is 5.59. The van der Waals surface area contributed by atoms with Crippen LogP contribution in [-0.2, 0) is 26.4 Å². The minimum atomic E-state index is -4.23. The smallest absolute Gasteiger partial charge is 0.243 e. The predicted molar refractivity (Wildman–Crippen MR) is 70.0 cm³/mol. The first-order valence-corrected chi connectivity index (χ1v) is 8.96. The Morgan fingerprint density at radius 2 is 1.95 bits per heavy atom. The number of hydrogen-bond acceptors (Lipinski definition) is 6. The number of rotatable bonds is 5. The van der Waals surface area contributed by atoms with E-state index in [1.807, 2.05) is 0 Å². The molecule has 0 spiro atoms. The third kappa shape index (κ3) is 3.65. The first-order chi connectivity index (χ1) is 9.70. The van der Waals surface area contributed by atoms with Crippen LogP contribution in [0.3, 0.4) is 0 Å². The Labute approximate surface area is 120 Å². The van der Waals surface area contributed by atoms with Crippen molar-refractivity contribution < 1.29 is 25.7 Å². The molecule has 0 aliphatic carbocycles. The molecule has 1 aromatic carbocycles. The number of halogens is 1. The van der Waals surface area contributed by atoms with Crippen LogP contribution in [-0.4, -0.2) is 28.2 Å². The number of sulfone groups is 1. The summed E-state index contributed by atoms with van der Waals surface area (Å²) in [7, 11) is -7.87. The Hall–Kier alpha value is -1.78. The lowest BCUT2D eigenvalue weighted by molar-refractivity contribution is 0.380. The van der Waals surface area contributed by atoms with Gasteiger partial charge in [0.25, 0.3) is 0 Å². The summed E-state index contributed by atoms with van der Waals surface area (Å²) in [6.07, 6.45) is 2.23. The minimum absolute atomic E-state index is 0.231. The van der Waals surface area contributed by atoms with Crippen LogP contribution in [0.15, 0.2) is 44.8 Å². The van der Waals surface area contributed by atoms with Gasteiger partial charge in [-0.05, 0) is 18.2 Å². The Bertz CT molecular complexity index is 845. The van der Waals surface area contributed by atoms with Crippen LogP contribution in [0.5, 0.6) is 0 Å². The normalized spacial score (nSPS) is 12.5. The molecule has 0 atom stereocenters. The highest BCUT2D eigenvalue weighted by Crippen LogP contribution is 2.19. The van der Waals surface area contributed by atoms with Gasteiger partial charge in [0.1, 0.15) is 10.7 Å². The molecule has 0 fully saturated rings. The molecule has 2 rings (SSSR count). The molecule has 0 aliphatic rings. The highest BCUT2D eigenvalue weighted by atomic mass is 32.2. The fraction of sp³-hybridized carbons (Fsp3) is 0.182. The van der Waals surface area contributed by atoms with Crippen molar-refractivity contribution in [2.24, 2.45) is 0 Å². The Morgan fingerprint density at radius 1 is 1.24 bits per heavy atom. The number of aromatic nitrogens is 1. The lowest BCUT2D eigenvalue weighted by Gasteiger charge is -2.08. The van der Waals surface area contributed by atoms with Crippen LogP contribution in [0.2, 0.25) is 0 Å². The number of sulfonamides is 1. The van der Waals surface area contributed by atoms with Gasteiger partial charge in [0, 0.05) is 12.3 Å². The van der Waals surface area contributed by atoms with Crippen molar-refractivity contribution in [1.82, 2.24) is 9.88 Å². The zero-order valence-electron chi connectivity index (χ0n) is 10.8. The monoisotopic (exact) mass is 334 g/mol. The number of nitrogens with zero attached hydrogens (tertiary/aromatic N) is 1. The summed E-state index contributed by atoms with van der Waals surface area (Å²) in [6.45, 7) is -0.231. The van der Waals surface area contributed by atoms with Gasteiger partial charge in [0.2, 0.25) is 10.0 Å². The van der Waals surface area contributed by atoms with Gasteiger partial charge >= 0.3 is 0 Å². The number of benzene rings is 1. The summed E-state index contributed by atoms with van der Waals surface area (Å²) in [5, 5.41) is 3.40. The molecule has 114 valence electrons. The predicted octanol–water partition coefficient (Wildman–Crippen LogP) is 0.696. The molecule has 2 aromatic rings. The molecule has 0 unspecified atom stereocenters. The van der Waals surface area contributed by atoms with Gasteiger partial charge in [-0.25, -0.2) is 25.9 Å². The molecule has 1 N–H and O–H groups in total. The maximum absolute atomic E-state index is 13.7. The van der Waals surface area contributed by atoms with Crippen LogP contribution in [0.4, 0.5) is 4.39 Å². The van der Waals surface area contributed by atoms with Crippen molar-refractivity contribution in [1.29, 1.82) is 0 Å². The summed E-state index contributed by atoms with van der Waals surface area (Å²) in [5.74, 6) is -0.814. The van der Waals surface area contributed by atoms with Gasteiger partial charge in [-0.2, -0.15) is 0 Å². The summed E-state index contributed by atoms with van der Waals surface area (Å²) >= 11 is 0. The van der Waals surface area contributed by atoms with Crippen molar-refractivity contribution in [3.05, 3.63) is 42.0 Å². The molecule has 7 nitrogen and oxygen atoms in total. The van der Waals surface area contributed by atoms with E-state index in [4.69, 9.17) is 4.52 Å². The van der Waals surface area contributed by atoms with Gasteiger partial charge < -0.3 is 4.52 Å². The van der Waals surface area contributed by atoms with Crippen LogP contribution in [0.1, 0.15) is 5.76 Å². The van der Waals surface area contributed by atoms with Crippen LogP contribution in [0, 0.1) is 5.82 Å². The van der Waals surface area contributed by atoms with Crippen molar-refractivity contribution in [3.63, 3.8) is 0 Å². The molecule has 0 saturated carbocycles. The van der Waals surface area contributed by atoms with Crippen LogP contribution < -0.4 is 4.72 Å². The van der Waals surface area contributed by atoms with E-state index < -0.39 is 30.6 Å². The highest BCUT2D eigenvalue weighted by Gasteiger charge is 2.22. The zero-order valence-corrected chi connectivity index (χ0v) is 12.4. The van der Waals surface area contributed by atoms with Gasteiger partial charge in [-0.15, -0.1) is 0 Å². The van der Waals surface area contributed by atoms with Crippen molar-refractivity contribution in [3.8, 4) is 0 Å². The van der Waals surface area contributed by atoms with Gasteiger partial charge in [0.05, 0.1) is 17.6 Å². The maximum atomic E-state index is 13.7. The van der Waals surface area contributed by atoms with E-state index in [1.165, 1.54) is 12.3 Å². The molecule has 0 amide bonds. The molecule has 0 aliphatic heterocycles. The number of hydrogen-bond donors (Lipinski definition) is 1. The third-order valence-corrected chi connectivity index (χ3v) is 5.07. The van der Waals surface area contributed by atoms with Crippen molar-refractivity contribution in [2.45, 2.75) is 16.3 Å². The molecule has 10 heteroatoms. The lowest BCUT2D eigenvalue weighted by Crippen LogP contribution is -2.24. The van der Waals surface area contributed by atoms with Crippen LogP contribution >= 0.6 is 0 Å². The summed E-state index contributed by atoms with van der Waals surface area (Å²) < 4.78 is 67.3. The summed E-state index contributed by atoms with van der Waals surface area (Å²) in [5.41, 5.74) is 0. The van der Waals surface area contributed by atoms with E-state index in [9.17, 15) is 21.2 Å².